The third kappa shape index (κ3) is 1.78. The van der Waals surface area contributed by atoms with E-state index < -0.39 is 0 Å². The lowest BCUT2D eigenvalue weighted by atomic mass is 9.65. The Labute approximate surface area is 84.1 Å². The molecule has 0 radical (unpaired) electrons. The van der Waals surface area contributed by atoms with Crippen LogP contribution in [0.15, 0.2) is 0 Å². The first-order chi connectivity index (χ1) is 5.94. The number of hydrogen-bond acceptors (Lipinski definition) is 0. The zero-order valence-corrected chi connectivity index (χ0v) is 10.2. The Balaban J connectivity index is 2.75. The first kappa shape index (κ1) is 11.1. The van der Waals surface area contributed by atoms with Crippen molar-refractivity contribution in [1.29, 1.82) is 0 Å². The van der Waals surface area contributed by atoms with Crippen molar-refractivity contribution in [3.05, 3.63) is 0 Å². The van der Waals surface area contributed by atoms with Crippen LogP contribution < -0.4 is 0 Å². The van der Waals surface area contributed by atoms with E-state index in [4.69, 9.17) is 0 Å². The van der Waals surface area contributed by atoms with Gasteiger partial charge in [-0.25, -0.2) is 0 Å². The van der Waals surface area contributed by atoms with E-state index in [0.717, 1.165) is 23.7 Å². The van der Waals surface area contributed by atoms with Crippen LogP contribution in [0.1, 0.15) is 54.4 Å². The fourth-order valence-electron chi connectivity index (χ4n) is 2.99. The topological polar surface area (TPSA) is 0 Å². The molecule has 0 aromatic rings. The Morgan fingerprint density at radius 1 is 1.31 bits per heavy atom. The van der Waals surface area contributed by atoms with E-state index in [1.54, 1.807) is 0 Å². The molecule has 0 aliphatic heterocycles. The van der Waals surface area contributed by atoms with Crippen LogP contribution in [0.3, 0.4) is 0 Å². The van der Waals surface area contributed by atoms with Gasteiger partial charge in [-0.3, -0.25) is 0 Å². The van der Waals surface area contributed by atoms with Crippen LogP contribution in [-0.2, 0) is 0 Å². The lowest BCUT2D eigenvalue weighted by Gasteiger charge is -2.40. The molecule has 0 aromatic heterocycles. The molecule has 0 bridgehead atoms. The maximum atomic E-state index is 2.51. The molecule has 0 heterocycles. The normalized spacial score (nSPS) is 34.4. The molecule has 1 aliphatic rings. The van der Waals surface area contributed by atoms with Crippen LogP contribution in [0.4, 0.5) is 0 Å². The second-order valence-corrected chi connectivity index (χ2v) is 5.65. The predicted molar refractivity (Wildman–Crippen MR) is 59.7 cm³/mol. The zero-order chi connectivity index (χ0) is 10.2. The van der Waals surface area contributed by atoms with E-state index in [2.05, 4.69) is 41.5 Å². The molecule has 0 heteroatoms. The van der Waals surface area contributed by atoms with Crippen LogP contribution in [0.25, 0.3) is 0 Å². The Kier molecular flexibility index (Phi) is 3.09. The fraction of sp³-hybridized carbons (Fsp3) is 1.00. The Bertz CT molecular complexity index is 165. The van der Waals surface area contributed by atoms with Crippen LogP contribution in [0.5, 0.6) is 0 Å². The maximum Gasteiger partial charge on any atom is -0.0246 e. The maximum absolute atomic E-state index is 2.51. The third-order valence-corrected chi connectivity index (χ3v) is 4.83. The van der Waals surface area contributed by atoms with Crippen LogP contribution in [-0.4, -0.2) is 0 Å². The van der Waals surface area contributed by atoms with Crippen molar-refractivity contribution in [2.45, 2.75) is 54.4 Å². The summed E-state index contributed by atoms with van der Waals surface area (Å²) in [4.78, 5) is 0. The van der Waals surface area contributed by atoms with Gasteiger partial charge in [-0.05, 0) is 35.5 Å². The zero-order valence-electron chi connectivity index (χ0n) is 10.2. The highest BCUT2D eigenvalue weighted by Gasteiger charge is 2.50. The van der Waals surface area contributed by atoms with Crippen molar-refractivity contribution in [2.24, 2.45) is 29.1 Å². The molecule has 1 fully saturated rings. The van der Waals surface area contributed by atoms with Gasteiger partial charge >= 0.3 is 0 Å². The summed E-state index contributed by atoms with van der Waals surface area (Å²) in [6, 6.07) is 0. The molecule has 0 aromatic carbocycles. The summed E-state index contributed by atoms with van der Waals surface area (Å²) in [5.74, 6) is 3.70. The van der Waals surface area contributed by atoms with E-state index in [0.29, 0.717) is 5.41 Å². The average Bonchev–Trinajstić information content (AvgIpc) is 2.79. The summed E-state index contributed by atoms with van der Waals surface area (Å²) in [7, 11) is 0. The van der Waals surface area contributed by atoms with Crippen LogP contribution in [0.2, 0.25) is 0 Å². The van der Waals surface area contributed by atoms with Crippen molar-refractivity contribution in [3.63, 3.8) is 0 Å². The van der Waals surface area contributed by atoms with Crippen LogP contribution in [0, 0.1) is 29.1 Å². The molecule has 1 aliphatic carbocycles. The third-order valence-electron chi connectivity index (χ3n) is 4.83. The summed E-state index contributed by atoms with van der Waals surface area (Å²) >= 11 is 0. The van der Waals surface area contributed by atoms with Gasteiger partial charge in [0.05, 0.1) is 0 Å². The highest BCUT2D eigenvalue weighted by atomic mass is 14.6. The smallest absolute Gasteiger partial charge is 0.0246 e. The van der Waals surface area contributed by atoms with E-state index in [-0.39, 0.29) is 0 Å². The SMILES string of the molecule is CCC(C)C(C)(C(C)C)C1CC1C. The molecular weight excluding hydrogens is 156 g/mol. The molecule has 1 rings (SSSR count). The summed E-state index contributed by atoms with van der Waals surface area (Å²) in [6.07, 6.45) is 2.80. The van der Waals surface area contributed by atoms with Crippen molar-refractivity contribution in [1.82, 2.24) is 0 Å². The van der Waals surface area contributed by atoms with Gasteiger partial charge in [0.1, 0.15) is 0 Å². The molecule has 1 saturated carbocycles. The summed E-state index contributed by atoms with van der Waals surface area (Å²) in [5.41, 5.74) is 0.591. The first-order valence-corrected chi connectivity index (χ1v) is 5.94. The largest absolute Gasteiger partial charge is 0.0651 e. The van der Waals surface area contributed by atoms with Gasteiger partial charge in [0.2, 0.25) is 0 Å². The number of rotatable bonds is 4. The Morgan fingerprint density at radius 3 is 2.00 bits per heavy atom. The molecule has 0 saturated heterocycles. The van der Waals surface area contributed by atoms with Crippen molar-refractivity contribution in [3.8, 4) is 0 Å². The lowest BCUT2D eigenvalue weighted by molar-refractivity contribution is 0.0846. The van der Waals surface area contributed by atoms with Gasteiger partial charge < -0.3 is 0 Å². The predicted octanol–water partition coefficient (Wildman–Crippen LogP) is 4.35. The minimum Gasteiger partial charge on any atom is -0.0651 e. The average molecular weight is 182 g/mol. The quantitative estimate of drug-likeness (QED) is 0.606. The standard InChI is InChI=1S/C13H26/c1-7-11(5)13(6,9(2)3)12-8-10(12)4/h9-12H,7-8H2,1-6H3. The van der Waals surface area contributed by atoms with E-state index in [1.165, 1.54) is 12.8 Å². The van der Waals surface area contributed by atoms with Gasteiger partial charge in [-0.2, -0.15) is 0 Å². The highest BCUT2D eigenvalue weighted by molar-refractivity contribution is 4.99. The van der Waals surface area contributed by atoms with Gasteiger partial charge in [0, 0.05) is 0 Å². The summed E-state index contributed by atoms with van der Waals surface area (Å²) in [5, 5.41) is 0. The second kappa shape index (κ2) is 3.63. The molecule has 78 valence electrons. The fourth-order valence-corrected chi connectivity index (χ4v) is 2.99. The highest BCUT2D eigenvalue weighted by Crippen LogP contribution is 2.58. The van der Waals surface area contributed by atoms with Crippen molar-refractivity contribution in [2.75, 3.05) is 0 Å². The first-order valence-electron chi connectivity index (χ1n) is 5.94. The molecule has 4 unspecified atom stereocenters. The minimum absolute atomic E-state index is 0.591. The van der Waals surface area contributed by atoms with Gasteiger partial charge in [-0.15, -0.1) is 0 Å². The molecule has 0 spiro atoms. The second-order valence-electron chi connectivity index (χ2n) is 5.65. The minimum atomic E-state index is 0.591. The molecule has 13 heavy (non-hydrogen) atoms. The molecule has 0 amide bonds. The van der Waals surface area contributed by atoms with Crippen LogP contribution >= 0.6 is 0 Å². The van der Waals surface area contributed by atoms with Crippen molar-refractivity contribution >= 4 is 0 Å². The van der Waals surface area contributed by atoms with E-state index in [1.807, 2.05) is 0 Å². The van der Waals surface area contributed by atoms with Crippen molar-refractivity contribution < 1.29 is 0 Å². The Morgan fingerprint density at radius 2 is 1.77 bits per heavy atom. The van der Waals surface area contributed by atoms with E-state index in [9.17, 15) is 0 Å². The molecule has 4 atom stereocenters. The monoisotopic (exact) mass is 182 g/mol. The number of hydrogen-bond donors (Lipinski definition) is 0. The summed E-state index contributed by atoms with van der Waals surface area (Å²) in [6.45, 7) is 14.5. The molecular formula is C13H26. The van der Waals surface area contributed by atoms with Gasteiger partial charge in [0.15, 0.2) is 0 Å². The Hall–Kier alpha value is 0. The molecule has 0 nitrogen and oxygen atoms in total. The van der Waals surface area contributed by atoms with Gasteiger partial charge in [-0.1, -0.05) is 48.0 Å². The summed E-state index contributed by atoms with van der Waals surface area (Å²) < 4.78 is 0. The van der Waals surface area contributed by atoms with Gasteiger partial charge in [0.25, 0.3) is 0 Å². The lowest BCUT2D eigenvalue weighted by Crippen LogP contribution is -2.33. The molecule has 0 N–H and O–H groups in total. The van der Waals surface area contributed by atoms with E-state index >= 15 is 0 Å².